The van der Waals surface area contributed by atoms with E-state index in [0.717, 1.165) is 25.7 Å². The van der Waals surface area contributed by atoms with Crippen molar-refractivity contribution < 1.29 is 9.90 Å². The van der Waals surface area contributed by atoms with Gasteiger partial charge < -0.3 is 5.11 Å². The molecule has 24 heavy (non-hydrogen) atoms. The van der Waals surface area contributed by atoms with Crippen LogP contribution < -0.4 is 0 Å². The quantitative estimate of drug-likeness (QED) is 0.194. The first kappa shape index (κ1) is 23.2. The normalized spacial score (nSPS) is 11.4. The zero-order valence-corrected chi connectivity index (χ0v) is 16.2. The fourth-order valence-electron chi connectivity index (χ4n) is 3.05. The predicted molar refractivity (Wildman–Crippen MR) is 106 cm³/mol. The lowest BCUT2D eigenvalue weighted by molar-refractivity contribution is -0.137. The summed E-state index contributed by atoms with van der Waals surface area (Å²) in [7, 11) is 0. The van der Waals surface area contributed by atoms with Crippen LogP contribution in [0.25, 0.3) is 0 Å². The van der Waals surface area contributed by atoms with Crippen molar-refractivity contribution in [1.29, 1.82) is 0 Å². The largest absolute Gasteiger partial charge is 0.481 e. The van der Waals surface area contributed by atoms with Crippen LogP contribution in [0.2, 0.25) is 0 Å². The van der Waals surface area contributed by atoms with Gasteiger partial charge in [0, 0.05) is 6.42 Å². The molecule has 0 radical (unpaired) electrons. The summed E-state index contributed by atoms with van der Waals surface area (Å²) in [4.78, 5) is 10.4. The maximum atomic E-state index is 10.4. The molecule has 0 spiro atoms. The van der Waals surface area contributed by atoms with Gasteiger partial charge in [-0.3, -0.25) is 4.79 Å². The minimum Gasteiger partial charge on any atom is -0.481 e. The van der Waals surface area contributed by atoms with Gasteiger partial charge in [-0.15, -0.1) is 0 Å². The summed E-state index contributed by atoms with van der Waals surface area (Å²) in [6.07, 6.45) is 27.1. The Morgan fingerprint density at radius 3 is 1.42 bits per heavy atom. The molecule has 0 atom stereocenters. The van der Waals surface area contributed by atoms with Gasteiger partial charge in [0.05, 0.1) is 0 Å². The monoisotopic (exact) mass is 338 g/mol. The molecule has 0 aliphatic heterocycles. The molecule has 2 heteroatoms. The molecule has 0 unspecified atom stereocenters. The van der Waals surface area contributed by atoms with Crippen LogP contribution in [-0.2, 0) is 4.79 Å². The molecule has 0 saturated carbocycles. The van der Waals surface area contributed by atoms with Crippen LogP contribution in [0.3, 0.4) is 0 Å². The van der Waals surface area contributed by atoms with E-state index in [1.54, 1.807) is 0 Å². The average Bonchev–Trinajstić information content (AvgIpc) is 2.56. The fourth-order valence-corrected chi connectivity index (χ4v) is 3.05. The highest BCUT2D eigenvalue weighted by Gasteiger charge is 1.95. The average molecular weight is 339 g/mol. The van der Waals surface area contributed by atoms with Crippen LogP contribution >= 0.6 is 0 Å². The van der Waals surface area contributed by atoms with E-state index in [9.17, 15) is 4.79 Å². The van der Waals surface area contributed by atoms with Crippen molar-refractivity contribution >= 4 is 5.97 Å². The fraction of sp³-hybridized carbons (Fsp3) is 0.864. The molecule has 0 aromatic rings. The van der Waals surface area contributed by atoms with E-state index in [2.05, 4.69) is 19.1 Å². The molecule has 0 heterocycles. The molecule has 2 nitrogen and oxygen atoms in total. The first-order chi connectivity index (χ1) is 11.8. The lowest BCUT2D eigenvalue weighted by Crippen LogP contribution is -1.93. The first-order valence-corrected chi connectivity index (χ1v) is 10.6. The van der Waals surface area contributed by atoms with Gasteiger partial charge in [-0.25, -0.2) is 0 Å². The summed E-state index contributed by atoms with van der Waals surface area (Å²) in [5.41, 5.74) is 0. The van der Waals surface area contributed by atoms with Crippen LogP contribution in [0.4, 0.5) is 0 Å². The second kappa shape index (κ2) is 20.3. The van der Waals surface area contributed by atoms with Crippen molar-refractivity contribution in [2.45, 2.75) is 122 Å². The van der Waals surface area contributed by atoms with E-state index < -0.39 is 5.97 Å². The van der Waals surface area contributed by atoms with Crippen LogP contribution in [0, 0.1) is 0 Å². The third-order valence-electron chi connectivity index (χ3n) is 4.65. The van der Waals surface area contributed by atoms with E-state index in [4.69, 9.17) is 5.11 Å². The molecule has 0 aromatic carbocycles. The van der Waals surface area contributed by atoms with Crippen LogP contribution in [-0.4, -0.2) is 11.1 Å². The maximum Gasteiger partial charge on any atom is 0.303 e. The van der Waals surface area contributed by atoms with Gasteiger partial charge >= 0.3 is 5.97 Å². The Hall–Kier alpha value is -0.790. The Morgan fingerprint density at radius 1 is 0.625 bits per heavy atom. The highest BCUT2D eigenvalue weighted by Crippen LogP contribution is 2.12. The lowest BCUT2D eigenvalue weighted by atomic mass is 10.0. The SMILES string of the molecule is CCCCCCCCCCCCCC/C=C/CCCCCC(=O)O. The number of carboxylic acids is 1. The summed E-state index contributed by atoms with van der Waals surface area (Å²) in [6, 6.07) is 0. The summed E-state index contributed by atoms with van der Waals surface area (Å²) in [5, 5.41) is 8.54. The Labute approximate surface area is 151 Å². The first-order valence-electron chi connectivity index (χ1n) is 10.6. The van der Waals surface area contributed by atoms with E-state index in [0.29, 0.717) is 6.42 Å². The molecule has 0 aliphatic carbocycles. The Balaban J connectivity index is 3.06. The maximum absolute atomic E-state index is 10.4. The van der Waals surface area contributed by atoms with Crippen molar-refractivity contribution in [2.24, 2.45) is 0 Å². The standard InChI is InChI=1S/C22H42O2/c1-2-3-4-5-6-7-8-9-10-11-12-13-14-15-16-17-18-19-20-21-22(23)24/h15-16H,2-14,17-21H2,1H3,(H,23,24)/b16-15+. The molecule has 142 valence electrons. The number of hydrogen-bond acceptors (Lipinski definition) is 1. The van der Waals surface area contributed by atoms with Crippen molar-refractivity contribution in [3.05, 3.63) is 12.2 Å². The lowest BCUT2D eigenvalue weighted by Gasteiger charge is -2.02. The topological polar surface area (TPSA) is 37.3 Å². The molecule has 0 saturated heterocycles. The summed E-state index contributed by atoms with van der Waals surface area (Å²) < 4.78 is 0. The van der Waals surface area contributed by atoms with Crippen LogP contribution in [0.1, 0.15) is 122 Å². The van der Waals surface area contributed by atoms with Crippen molar-refractivity contribution in [2.75, 3.05) is 0 Å². The van der Waals surface area contributed by atoms with Gasteiger partial charge in [0.1, 0.15) is 0 Å². The molecule has 0 rings (SSSR count). The zero-order chi connectivity index (χ0) is 17.7. The van der Waals surface area contributed by atoms with Crippen LogP contribution in [0.15, 0.2) is 12.2 Å². The van der Waals surface area contributed by atoms with Crippen molar-refractivity contribution in [3.8, 4) is 0 Å². The third kappa shape index (κ3) is 21.2. The Bertz CT molecular complexity index is 284. The van der Waals surface area contributed by atoms with Gasteiger partial charge in [0.15, 0.2) is 0 Å². The second-order valence-electron chi connectivity index (χ2n) is 7.14. The van der Waals surface area contributed by atoms with Gasteiger partial charge in [-0.2, -0.15) is 0 Å². The Kier molecular flexibility index (Phi) is 19.6. The number of carboxylic acid groups (broad SMARTS) is 1. The minimum absolute atomic E-state index is 0.322. The van der Waals surface area contributed by atoms with Gasteiger partial charge in [-0.05, 0) is 32.1 Å². The molecule has 0 aliphatic rings. The smallest absolute Gasteiger partial charge is 0.303 e. The van der Waals surface area contributed by atoms with Crippen molar-refractivity contribution in [1.82, 2.24) is 0 Å². The van der Waals surface area contributed by atoms with E-state index in [-0.39, 0.29) is 0 Å². The number of hydrogen-bond donors (Lipinski definition) is 1. The molecule has 0 fully saturated rings. The summed E-state index contributed by atoms with van der Waals surface area (Å²) in [5.74, 6) is -0.669. The van der Waals surface area contributed by atoms with Crippen molar-refractivity contribution in [3.63, 3.8) is 0 Å². The second-order valence-corrected chi connectivity index (χ2v) is 7.14. The van der Waals surface area contributed by atoms with Crippen LogP contribution in [0.5, 0.6) is 0 Å². The number of rotatable bonds is 19. The number of carbonyl (C=O) groups is 1. The predicted octanol–water partition coefficient (Wildman–Crippen LogP) is 7.67. The minimum atomic E-state index is -0.669. The van der Waals surface area contributed by atoms with Gasteiger partial charge in [-0.1, -0.05) is 96.1 Å². The number of allylic oxidation sites excluding steroid dienone is 2. The molecule has 1 N–H and O–H groups in total. The molecule has 0 bridgehead atoms. The molecular weight excluding hydrogens is 296 g/mol. The Morgan fingerprint density at radius 2 is 1.00 bits per heavy atom. The van der Waals surface area contributed by atoms with E-state index in [1.807, 2.05) is 0 Å². The number of aliphatic carboxylic acids is 1. The van der Waals surface area contributed by atoms with Gasteiger partial charge in [0.25, 0.3) is 0 Å². The summed E-state index contributed by atoms with van der Waals surface area (Å²) in [6.45, 7) is 2.28. The highest BCUT2D eigenvalue weighted by atomic mass is 16.4. The highest BCUT2D eigenvalue weighted by molar-refractivity contribution is 5.66. The van der Waals surface area contributed by atoms with Gasteiger partial charge in [0.2, 0.25) is 0 Å². The molecule has 0 amide bonds. The molecule has 0 aromatic heterocycles. The molecular formula is C22H42O2. The summed E-state index contributed by atoms with van der Waals surface area (Å²) >= 11 is 0. The third-order valence-corrected chi connectivity index (χ3v) is 4.65. The zero-order valence-electron chi connectivity index (χ0n) is 16.2. The van der Waals surface area contributed by atoms with E-state index >= 15 is 0 Å². The van der Waals surface area contributed by atoms with E-state index in [1.165, 1.54) is 83.5 Å². The number of unbranched alkanes of at least 4 members (excludes halogenated alkanes) is 15.